The number of sulfone groups is 1. The summed E-state index contributed by atoms with van der Waals surface area (Å²) in [5, 5.41) is 53.0. The summed E-state index contributed by atoms with van der Waals surface area (Å²) in [5.74, 6) is -2.07. The number of halogens is 1. The summed E-state index contributed by atoms with van der Waals surface area (Å²) in [5.41, 5.74) is 0.0226. The lowest BCUT2D eigenvalue weighted by Gasteiger charge is -2.50. The lowest BCUT2D eigenvalue weighted by Crippen LogP contribution is -2.59. The zero-order valence-corrected chi connectivity index (χ0v) is 49.7. The second-order valence-electron chi connectivity index (χ2n) is 24.5. The molecule has 3 aliphatic rings. The fourth-order valence-electron chi connectivity index (χ4n) is 12.0. The van der Waals surface area contributed by atoms with Gasteiger partial charge in [0.2, 0.25) is 0 Å². The molecule has 0 spiro atoms. The van der Waals surface area contributed by atoms with Crippen LogP contribution in [0.15, 0.2) is 47.5 Å². The Bertz CT molecular complexity index is 2350. The first-order valence-electron chi connectivity index (χ1n) is 28.0. The van der Waals surface area contributed by atoms with Crippen LogP contribution in [0.1, 0.15) is 152 Å². The smallest absolute Gasteiger partial charge is 0.311 e. The molecule has 5 rings (SSSR count). The Balaban J connectivity index is 1.50. The molecule has 0 radical (unpaired) electrons. The van der Waals surface area contributed by atoms with Crippen LogP contribution in [0.5, 0.6) is 0 Å². The van der Waals surface area contributed by atoms with Crippen molar-refractivity contribution in [2.75, 3.05) is 33.6 Å². The number of alkyl halides is 1. The van der Waals surface area contributed by atoms with Crippen molar-refractivity contribution in [3.8, 4) is 0 Å². The molecule has 0 amide bonds. The number of hydrogen-bond donors (Lipinski definition) is 4. The highest BCUT2D eigenvalue weighted by atomic mass is 32.2. The maximum absolute atomic E-state index is 14.6. The SMILES string of the molecule is C=C1CC[C@@H](C)[C@@H](C)C(=N)[C@H](C)C[C@](C)([C@H](O[C@@H]2O[C@H](C)C[C@H](N(C)CCc3cn([C@H](CF)Cc4ccc(S(C)(=O)=O)cc4)nn3)[C@H]2O)[C@@H](C)[C@H](O[C@H]2C[C@@](C)(OC)[C@@H](O)[C@H](C)O2)[C@@H](C)C(=O)O[C@H](CC)C(C)(C)O)CC1. The van der Waals surface area contributed by atoms with Gasteiger partial charge in [0.15, 0.2) is 22.4 Å². The number of aromatic nitrogens is 3. The van der Waals surface area contributed by atoms with Crippen LogP contribution in [0, 0.1) is 40.4 Å². The first kappa shape index (κ1) is 64.6. The number of allylic oxidation sites excluding steroid dienone is 1. The Morgan fingerprint density at radius 2 is 1.73 bits per heavy atom. The molecule has 18 atom stereocenters. The van der Waals surface area contributed by atoms with Crippen LogP contribution in [0.2, 0.25) is 0 Å². The number of carbonyl (C=O) groups is 1. The van der Waals surface area contributed by atoms with E-state index in [0.717, 1.165) is 30.2 Å². The summed E-state index contributed by atoms with van der Waals surface area (Å²) in [6, 6.07) is 5.30. The molecule has 1 aliphatic carbocycles. The van der Waals surface area contributed by atoms with E-state index in [1.165, 1.54) is 23.9 Å². The van der Waals surface area contributed by atoms with Gasteiger partial charge in [-0.15, -0.1) is 5.10 Å². The van der Waals surface area contributed by atoms with E-state index >= 15 is 0 Å². The van der Waals surface area contributed by atoms with Crippen LogP contribution < -0.4 is 0 Å². The first-order chi connectivity index (χ1) is 35.9. The summed E-state index contributed by atoms with van der Waals surface area (Å²) < 4.78 is 79.4. The van der Waals surface area contributed by atoms with Crippen molar-refractivity contribution in [3.63, 3.8) is 0 Å². The van der Waals surface area contributed by atoms with E-state index < -0.39 is 112 Å². The average molecular weight is 1110 g/mol. The van der Waals surface area contributed by atoms with Crippen molar-refractivity contribution in [3.05, 3.63) is 53.9 Å². The highest BCUT2D eigenvalue weighted by Crippen LogP contribution is 2.47. The van der Waals surface area contributed by atoms with Crippen molar-refractivity contribution in [2.45, 2.75) is 231 Å². The number of likely N-dealkylation sites (N-methyl/N-ethyl adjacent to an activating group) is 1. The van der Waals surface area contributed by atoms with Crippen LogP contribution in [0.25, 0.3) is 0 Å². The number of aliphatic hydroxyl groups excluding tert-OH is 2. The number of esters is 1. The Morgan fingerprint density at radius 3 is 2.32 bits per heavy atom. The molecule has 1 aromatic heterocycles. The van der Waals surface area contributed by atoms with E-state index in [-0.39, 0.29) is 41.6 Å². The van der Waals surface area contributed by atoms with Gasteiger partial charge in [-0.05, 0) is 141 Å². The molecule has 0 unspecified atom stereocenters. The van der Waals surface area contributed by atoms with Crippen molar-refractivity contribution in [2.24, 2.45) is 35.0 Å². The normalized spacial score (nSPS) is 32.7. The van der Waals surface area contributed by atoms with E-state index in [1.807, 2.05) is 27.8 Å². The van der Waals surface area contributed by atoms with Gasteiger partial charge in [0, 0.05) is 56.6 Å². The number of hydrogen-bond acceptors (Lipinski definition) is 16. The highest BCUT2D eigenvalue weighted by molar-refractivity contribution is 7.90. The predicted octanol–water partition coefficient (Wildman–Crippen LogP) is 8.26. The van der Waals surface area contributed by atoms with Gasteiger partial charge >= 0.3 is 5.97 Å². The van der Waals surface area contributed by atoms with Gasteiger partial charge < -0.3 is 54.0 Å². The lowest BCUT2D eigenvalue weighted by molar-refractivity contribution is -0.314. The minimum Gasteiger partial charge on any atom is -0.459 e. The van der Waals surface area contributed by atoms with Gasteiger partial charge in [0.05, 0.1) is 58.2 Å². The van der Waals surface area contributed by atoms with Crippen LogP contribution >= 0.6 is 0 Å². The zero-order chi connectivity index (χ0) is 57.5. The molecule has 4 N–H and O–H groups in total. The lowest BCUT2D eigenvalue weighted by atomic mass is 9.66. The summed E-state index contributed by atoms with van der Waals surface area (Å²) in [6.07, 6.45) is 0.269. The van der Waals surface area contributed by atoms with Gasteiger partial charge in [-0.1, -0.05) is 71.0 Å². The number of nitrogens with one attached hydrogen (secondary N) is 1. The third kappa shape index (κ3) is 16.5. The van der Waals surface area contributed by atoms with E-state index in [4.69, 9.17) is 28.4 Å². The molecular weight excluding hydrogens is 1010 g/mol. The summed E-state index contributed by atoms with van der Waals surface area (Å²) in [6.45, 7) is 27.1. The molecule has 2 saturated heterocycles. The Labute approximate surface area is 459 Å². The fraction of sp³-hybridized carbons (Fsp3) is 0.793. The van der Waals surface area contributed by atoms with Gasteiger partial charge in [-0.3, -0.25) is 4.79 Å². The monoisotopic (exact) mass is 1110 g/mol. The molecule has 1 aromatic carbocycles. The third-order valence-corrected chi connectivity index (χ3v) is 18.6. The second kappa shape index (κ2) is 27.0. The van der Waals surface area contributed by atoms with Crippen LogP contribution in [0.4, 0.5) is 4.39 Å². The van der Waals surface area contributed by atoms with Crippen molar-refractivity contribution < 1.29 is 61.3 Å². The van der Waals surface area contributed by atoms with Gasteiger partial charge in [0.1, 0.15) is 25.0 Å². The Kier molecular flexibility index (Phi) is 22.7. The number of aliphatic hydroxyl groups is 3. The standard InChI is InChI=1S/C58H96FN5O12S/c1-17-47(56(10,11)68)74-54(67)40(8)51(75-48-31-58(13,71-15)52(66)41(9)73-48)39(7)53(57(12)26-24-34(2)18-19-35(3)38(6)49(60)36(4)30-57)76-55-50(65)46(28-37(5)72-55)63(14)27-25-43-33-64(62-61-43)44(32-59)29-42-20-22-45(23-21-42)77(16,69)70/h20-23,33,35-41,44,46-48,50-53,55,60,65-66,68H,2,17-19,24-32H2,1,3-16H3/t35-,36-,37-,38-,39+,40-,41+,44+,46+,47-,48+,50-,51+,52+,53-,55+,57-,58-/m1/s1. The number of rotatable bonds is 22. The zero-order valence-electron chi connectivity index (χ0n) is 48.9. The molecule has 438 valence electrons. The van der Waals surface area contributed by atoms with Crippen molar-refractivity contribution in [1.82, 2.24) is 19.9 Å². The molecule has 77 heavy (non-hydrogen) atoms. The minimum absolute atomic E-state index is 0.0182. The maximum Gasteiger partial charge on any atom is 0.311 e. The minimum atomic E-state index is -3.37. The quantitative estimate of drug-likeness (QED) is 0.0643. The number of methoxy groups -OCH3 is 1. The summed E-state index contributed by atoms with van der Waals surface area (Å²) >= 11 is 0. The molecule has 2 aliphatic heterocycles. The van der Waals surface area contributed by atoms with Crippen LogP contribution in [-0.4, -0.2) is 161 Å². The van der Waals surface area contributed by atoms with E-state index in [9.17, 15) is 38.3 Å². The van der Waals surface area contributed by atoms with Gasteiger partial charge in [-0.2, -0.15) is 0 Å². The largest absolute Gasteiger partial charge is 0.459 e. The molecule has 3 fully saturated rings. The molecule has 3 heterocycles. The number of nitrogens with zero attached hydrogens (tertiary/aromatic N) is 4. The Morgan fingerprint density at radius 1 is 1.06 bits per heavy atom. The van der Waals surface area contributed by atoms with E-state index in [2.05, 4.69) is 49.5 Å². The molecular formula is C58H96FN5O12S. The van der Waals surface area contributed by atoms with E-state index in [0.29, 0.717) is 56.5 Å². The average Bonchev–Trinajstić information content (AvgIpc) is 3.86. The van der Waals surface area contributed by atoms with E-state index in [1.54, 1.807) is 52.9 Å². The molecule has 17 nitrogen and oxygen atoms in total. The number of benzene rings is 1. The predicted molar refractivity (Wildman–Crippen MR) is 294 cm³/mol. The van der Waals surface area contributed by atoms with Crippen molar-refractivity contribution >= 4 is 21.5 Å². The molecule has 2 aromatic rings. The first-order valence-corrected chi connectivity index (χ1v) is 29.9. The maximum atomic E-state index is 14.6. The van der Waals surface area contributed by atoms with Crippen LogP contribution in [0.3, 0.4) is 0 Å². The molecule has 1 saturated carbocycles. The second-order valence-corrected chi connectivity index (χ2v) is 26.5. The molecule has 0 bridgehead atoms. The Hall–Kier alpha value is -3.24. The third-order valence-electron chi connectivity index (χ3n) is 17.5. The fourth-order valence-corrected chi connectivity index (χ4v) is 12.6. The number of carbonyl (C=O) groups excluding carboxylic acids is 1. The van der Waals surface area contributed by atoms with Crippen molar-refractivity contribution in [1.29, 1.82) is 5.41 Å². The summed E-state index contributed by atoms with van der Waals surface area (Å²) in [7, 11) is 0.0858. The molecule has 19 heteroatoms. The topological polar surface area (TPSA) is 225 Å². The van der Waals surface area contributed by atoms with Gasteiger partial charge in [0.25, 0.3) is 0 Å². The highest BCUT2D eigenvalue weighted by Gasteiger charge is 2.52. The summed E-state index contributed by atoms with van der Waals surface area (Å²) in [4.78, 5) is 16.8. The number of ether oxygens (including phenoxy) is 6. The van der Waals surface area contributed by atoms with Crippen LogP contribution in [-0.2, 0) is 55.9 Å². The van der Waals surface area contributed by atoms with Gasteiger partial charge in [-0.25, -0.2) is 17.5 Å².